The summed E-state index contributed by atoms with van der Waals surface area (Å²) in [6.45, 7) is 0.963. The standard InChI is InChI=1S/C42H36N4O5/c47-27-41(29-9-3-1-4-10-29,43-25-7-13-35(43)39(49)45-31-15-16-32(45)18-17-31)37-23-24-38(51-37)42(28-48,30-11-5-2-6-12-30)44-26-8-14-36(44)40(50)46-33-19-20-34(46)22-21-33/h1-6,9-12,15-24,27-28,35-36H,7-8,13-14,25-26H2/t35?,36?,41-,42?/m0/s1. The van der Waals surface area contributed by atoms with Crippen molar-refractivity contribution in [2.24, 2.45) is 0 Å². The quantitative estimate of drug-likeness (QED) is 0.152. The van der Waals surface area contributed by atoms with Crippen LogP contribution >= 0.6 is 0 Å². The molecule has 51 heavy (non-hydrogen) atoms. The summed E-state index contributed by atoms with van der Waals surface area (Å²) >= 11 is 0. The van der Waals surface area contributed by atoms with Gasteiger partial charge in [-0.15, -0.1) is 0 Å². The van der Waals surface area contributed by atoms with Crippen LogP contribution in [0.15, 0.2) is 126 Å². The maximum absolute atomic E-state index is 14.3. The minimum absolute atomic E-state index is 0.0954. The molecule has 0 radical (unpaired) electrons. The monoisotopic (exact) mass is 676 g/mol. The first kappa shape index (κ1) is 31.3. The van der Waals surface area contributed by atoms with Crippen molar-refractivity contribution in [2.45, 2.75) is 48.8 Å². The molecule has 9 heteroatoms. The summed E-state index contributed by atoms with van der Waals surface area (Å²) in [5, 5.41) is 0. The molecule has 2 aliphatic rings. The lowest BCUT2D eigenvalue weighted by Crippen LogP contribution is -2.54. The third kappa shape index (κ3) is 4.48. The summed E-state index contributed by atoms with van der Waals surface area (Å²) in [5.41, 5.74) is 1.63. The van der Waals surface area contributed by atoms with Gasteiger partial charge in [-0.25, -0.2) is 0 Å². The smallest absolute Gasteiger partial charge is 0.248 e. The number of nitrogens with zero attached hydrogens (tertiary/aromatic N) is 4. The van der Waals surface area contributed by atoms with E-state index in [0.29, 0.717) is 61.4 Å². The van der Waals surface area contributed by atoms with Gasteiger partial charge in [-0.3, -0.25) is 28.5 Å². The zero-order valence-corrected chi connectivity index (χ0v) is 27.9. The Morgan fingerprint density at radius 1 is 0.529 bits per heavy atom. The lowest BCUT2D eigenvalue weighted by molar-refractivity contribution is -0.118. The largest absolute Gasteiger partial charge is 0.460 e. The van der Waals surface area contributed by atoms with Crippen LogP contribution in [0.2, 0.25) is 0 Å². The molecule has 0 N–H and O–H groups in total. The van der Waals surface area contributed by atoms with Crippen LogP contribution in [0.3, 0.4) is 0 Å². The number of hydrogen-bond donors (Lipinski definition) is 0. The second-order valence-electron chi connectivity index (χ2n) is 13.7. The van der Waals surface area contributed by atoms with Gasteiger partial charge in [0, 0.05) is 35.2 Å². The van der Waals surface area contributed by atoms with Gasteiger partial charge in [-0.2, -0.15) is 0 Å². The second kappa shape index (κ2) is 12.0. The van der Waals surface area contributed by atoms with Crippen molar-refractivity contribution >= 4 is 46.5 Å². The van der Waals surface area contributed by atoms with Crippen molar-refractivity contribution in [3.63, 3.8) is 0 Å². The maximum atomic E-state index is 14.3. The Morgan fingerprint density at radius 3 is 1.22 bits per heavy atom. The zero-order chi connectivity index (χ0) is 34.7. The number of carbonyl (C=O) groups is 4. The number of fused-ring (bicyclic) bond motifs is 4. The summed E-state index contributed by atoms with van der Waals surface area (Å²) in [6, 6.07) is 36.5. The number of benzene rings is 4. The first-order chi connectivity index (χ1) is 25.0. The Morgan fingerprint density at radius 2 is 0.882 bits per heavy atom. The summed E-state index contributed by atoms with van der Waals surface area (Å²) in [6.07, 6.45) is 4.31. The van der Waals surface area contributed by atoms with Crippen LogP contribution in [-0.2, 0) is 20.7 Å². The van der Waals surface area contributed by atoms with Crippen molar-refractivity contribution < 1.29 is 23.6 Å². The summed E-state index contributed by atoms with van der Waals surface area (Å²) in [4.78, 5) is 60.2. The molecule has 2 aliphatic heterocycles. The molecular weight excluding hydrogens is 640 g/mol. The van der Waals surface area contributed by atoms with Crippen LogP contribution in [0.4, 0.5) is 0 Å². The Kier molecular flexibility index (Phi) is 7.38. The third-order valence-corrected chi connectivity index (χ3v) is 11.3. The molecule has 0 saturated carbocycles. The molecule has 4 bridgehead atoms. The van der Waals surface area contributed by atoms with E-state index in [1.165, 1.54) is 0 Å². The van der Waals surface area contributed by atoms with Crippen molar-refractivity contribution in [1.82, 2.24) is 18.9 Å². The molecule has 7 heterocycles. The lowest BCUT2D eigenvalue weighted by Gasteiger charge is -2.41. The fourth-order valence-corrected chi connectivity index (χ4v) is 8.92. The fourth-order valence-electron chi connectivity index (χ4n) is 8.92. The summed E-state index contributed by atoms with van der Waals surface area (Å²) < 4.78 is 10.3. The van der Waals surface area contributed by atoms with Crippen LogP contribution in [0.1, 0.15) is 57.9 Å². The van der Waals surface area contributed by atoms with Crippen molar-refractivity contribution in [2.75, 3.05) is 13.1 Å². The molecule has 0 amide bonds. The number of furan rings is 1. The van der Waals surface area contributed by atoms with E-state index in [4.69, 9.17) is 4.42 Å². The van der Waals surface area contributed by atoms with E-state index < -0.39 is 23.2 Å². The number of likely N-dealkylation sites (tertiary alicyclic amines) is 2. The highest BCUT2D eigenvalue weighted by Crippen LogP contribution is 2.45. The molecule has 254 valence electrons. The predicted octanol–water partition coefficient (Wildman–Crippen LogP) is 6.56. The van der Waals surface area contributed by atoms with Crippen molar-refractivity contribution in [3.05, 3.63) is 144 Å². The van der Waals surface area contributed by atoms with Crippen LogP contribution in [-0.4, -0.2) is 68.5 Å². The minimum atomic E-state index is -1.48. The van der Waals surface area contributed by atoms with Gasteiger partial charge in [0.2, 0.25) is 11.8 Å². The van der Waals surface area contributed by atoms with E-state index in [9.17, 15) is 19.2 Å². The van der Waals surface area contributed by atoms with E-state index in [-0.39, 0.29) is 11.8 Å². The number of carbonyl (C=O) groups excluding carboxylic acids is 4. The Hall–Kier alpha value is -5.64. The highest BCUT2D eigenvalue weighted by Gasteiger charge is 2.54. The molecule has 4 atom stereocenters. The highest BCUT2D eigenvalue weighted by molar-refractivity contribution is 5.97. The Labute approximate surface area is 294 Å². The van der Waals surface area contributed by atoms with E-state index in [2.05, 4.69) is 0 Å². The van der Waals surface area contributed by atoms with Gasteiger partial charge in [0.25, 0.3) is 0 Å². The molecule has 0 aliphatic carbocycles. The van der Waals surface area contributed by atoms with Crippen molar-refractivity contribution in [3.8, 4) is 0 Å². The van der Waals surface area contributed by atoms with Crippen LogP contribution in [0, 0.1) is 0 Å². The van der Waals surface area contributed by atoms with Crippen LogP contribution in [0.25, 0.3) is 22.1 Å². The van der Waals surface area contributed by atoms with E-state index in [0.717, 1.165) is 34.6 Å². The van der Waals surface area contributed by atoms with Gasteiger partial charge in [0.05, 0.1) is 12.1 Å². The first-order valence-electron chi connectivity index (χ1n) is 17.6. The Bertz CT molecular complexity index is 2100. The average molecular weight is 677 g/mol. The highest BCUT2D eigenvalue weighted by atomic mass is 16.3. The van der Waals surface area contributed by atoms with E-state index in [1.807, 2.05) is 119 Å². The average Bonchev–Trinajstić information content (AvgIpc) is 4.04. The van der Waals surface area contributed by atoms with Crippen LogP contribution < -0.4 is 0 Å². The van der Waals surface area contributed by atoms with Gasteiger partial charge in [0.15, 0.2) is 23.7 Å². The summed E-state index contributed by atoms with van der Waals surface area (Å²) in [5.74, 6) is 0.422. The topological polar surface area (TPSA) is 97.8 Å². The molecule has 9 rings (SSSR count). The van der Waals surface area contributed by atoms with Crippen LogP contribution in [0.5, 0.6) is 0 Å². The fraction of sp³-hybridized carbons (Fsp3) is 0.238. The number of hydrogen-bond acceptors (Lipinski definition) is 7. The SMILES string of the molecule is O=CC(c1ccccc1)(c1ccc([C@](C=O)(c2ccccc2)N2CCCC2C(=O)n2c3ccc2cc3)o1)N1CCCC1C(=O)n1c2ccc1cc2. The van der Waals surface area contributed by atoms with E-state index >= 15 is 0 Å². The molecule has 0 spiro atoms. The normalized spacial score (nSPS) is 20.9. The zero-order valence-electron chi connectivity index (χ0n) is 27.9. The minimum Gasteiger partial charge on any atom is -0.460 e. The molecule has 3 unspecified atom stereocenters. The van der Waals surface area contributed by atoms with Gasteiger partial charge in [-0.1, -0.05) is 60.7 Å². The molecule has 2 aromatic carbocycles. The molecular formula is C42H36N4O5. The van der Waals surface area contributed by atoms with E-state index in [1.54, 1.807) is 21.3 Å². The number of rotatable bonds is 10. The molecule has 9 nitrogen and oxygen atoms in total. The van der Waals surface area contributed by atoms with Gasteiger partial charge in [0.1, 0.15) is 11.5 Å². The van der Waals surface area contributed by atoms with Crippen molar-refractivity contribution in [1.29, 1.82) is 0 Å². The maximum Gasteiger partial charge on any atom is 0.248 e. The molecule has 5 aromatic heterocycles. The third-order valence-electron chi connectivity index (χ3n) is 11.3. The first-order valence-corrected chi connectivity index (χ1v) is 17.6. The number of aromatic nitrogens is 2. The van der Waals surface area contributed by atoms with Gasteiger partial charge in [-0.05, 0) is 97.5 Å². The second-order valence-corrected chi connectivity index (χ2v) is 13.7. The van der Waals surface area contributed by atoms with Gasteiger partial charge >= 0.3 is 0 Å². The predicted molar refractivity (Wildman–Crippen MR) is 192 cm³/mol. The molecule has 2 fully saturated rings. The Balaban J connectivity index is 1.19. The lowest BCUT2D eigenvalue weighted by atomic mass is 9.85. The number of aldehydes is 2. The summed E-state index contributed by atoms with van der Waals surface area (Å²) in [7, 11) is 0. The van der Waals surface area contributed by atoms with Gasteiger partial charge < -0.3 is 14.0 Å². The molecule has 2 saturated heterocycles. The molecule has 7 aromatic rings.